The third kappa shape index (κ3) is 6.92. The average Bonchev–Trinajstić information content (AvgIpc) is 2.42. The summed E-state index contributed by atoms with van der Waals surface area (Å²) in [6.07, 6.45) is 3.01. The number of thioether (sulfide) groups is 1. The molecular formula is C14H24N2O2S. The fraction of sp³-hybridized carbons (Fsp3) is 0.643. The lowest BCUT2D eigenvalue weighted by Crippen LogP contribution is -2.18. The van der Waals surface area contributed by atoms with Crippen molar-refractivity contribution in [2.45, 2.75) is 24.9 Å². The van der Waals surface area contributed by atoms with Crippen molar-refractivity contribution >= 4 is 11.8 Å². The van der Waals surface area contributed by atoms with Gasteiger partial charge in [0.05, 0.1) is 11.6 Å². The van der Waals surface area contributed by atoms with Gasteiger partial charge in [-0.2, -0.15) is 0 Å². The van der Waals surface area contributed by atoms with Gasteiger partial charge in [0.15, 0.2) is 0 Å². The quantitative estimate of drug-likeness (QED) is 0.527. The molecule has 0 atom stereocenters. The van der Waals surface area contributed by atoms with E-state index >= 15 is 0 Å². The Labute approximate surface area is 120 Å². The first-order valence-corrected chi connectivity index (χ1v) is 7.53. The van der Waals surface area contributed by atoms with E-state index in [1.54, 1.807) is 26.0 Å². The molecule has 0 aromatic carbocycles. The first-order chi connectivity index (χ1) is 9.27. The molecule has 0 spiro atoms. The minimum Gasteiger partial charge on any atom is -0.385 e. The number of methoxy groups -OCH3 is 2. The van der Waals surface area contributed by atoms with Crippen molar-refractivity contribution in [3.63, 3.8) is 0 Å². The van der Waals surface area contributed by atoms with Crippen molar-refractivity contribution in [2.75, 3.05) is 39.7 Å². The number of rotatable bonds is 10. The first kappa shape index (κ1) is 16.4. The molecule has 0 saturated carbocycles. The number of nitrogens with zero attached hydrogens (tertiary/aromatic N) is 1. The van der Waals surface area contributed by atoms with Gasteiger partial charge >= 0.3 is 0 Å². The molecule has 0 unspecified atom stereocenters. The van der Waals surface area contributed by atoms with Crippen molar-refractivity contribution in [2.24, 2.45) is 0 Å². The van der Waals surface area contributed by atoms with Crippen molar-refractivity contribution in [3.8, 4) is 0 Å². The van der Waals surface area contributed by atoms with Crippen LogP contribution in [0.2, 0.25) is 0 Å². The largest absolute Gasteiger partial charge is 0.385 e. The maximum Gasteiger partial charge on any atom is 0.0989 e. The number of ether oxygens (including phenoxy) is 2. The van der Waals surface area contributed by atoms with Crippen LogP contribution in [0.15, 0.2) is 17.3 Å². The van der Waals surface area contributed by atoms with Crippen LogP contribution in [0.25, 0.3) is 0 Å². The van der Waals surface area contributed by atoms with Crippen LogP contribution in [-0.4, -0.2) is 44.7 Å². The van der Waals surface area contributed by atoms with Gasteiger partial charge < -0.3 is 14.8 Å². The molecule has 1 aromatic heterocycles. The fourth-order valence-corrected chi connectivity index (χ4v) is 2.52. The predicted octanol–water partition coefficient (Wildman–Crippen LogP) is 2.25. The topological polar surface area (TPSA) is 43.4 Å². The van der Waals surface area contributed by atoms with Crippen LogP contribution in [0.3, 0.4) is 0 Å². The summed E-state index contributed by atoms with van der Waals surface area (Å²) >= 11 is 1.80. The summed E-state index contributed by atoms with van der Waals surface area (Å²) in [5, 5.41) is 4.44. The average molecular weight is 284 g/mol. The molecule has 0 fully saturated rings. The Morgan fingerprint density at radius 3 is 2.74 bits per heavy atom. The summed E-state index contributed by atoms with van der Waals surface area (Å²) in [5.74, 6) is 1.05. The van der Waals surface area contributed by atoms with Gasteiger partial charge in [-0.05, 0) is 24.5 Å². The van der Waals surface area contributed by atoms with Crippen LogP contribution < -0.4 is 5.32 Å². The van der Waals surface area contributed by atoms with E-state index in [1.165, 1.54) is 11.1 Å². The Bertz CT molecular complexity index is 361. The van der Waals surface area contributed by atoms with E-state index in [0.29, 0.717) is 0 Å². The van der Waals surface area contributed by atoms with Crippen LogP contribution in [0.1, 0.15) is 17.5 Å². The smallest absolute Gasteiger partial charge is 0.0989 e. The third-order valence-electron chi connectivity index (χ3n) is 2.63. The Morgan fingerprint density at radius 2 is 2.05 bits per heavy atom. The maximum atomic E-state index is 5.04. The summed E-state index contributed by atoms with van der Waals surface area (Å²) in [6.45, 7) is 5.37. The van der Waals surface area contributed by atoms with E-state index in [9.17, 15) is 0 Å². The summed E-state index contributed by atoms with van der Waals surface area (Å²) in [5.41, 5.74) is 2.46. The number of hydrogen-bond donors (Lipinski definition) is 1. The van der Waals surface area contributed by atoms with E-state index in [1.807, 2.05) is 6.20 Å². The highest BCUT2D eigenvalue weighted by Crippen LogP contribution is 2.21. The van der Waals surface area contributed by atoms with Crippen molar-refractivity contribution in [3.05, 3.63) is 23.4 Å². The fourth-order valence-electron chi connectivity index (χ4n) is 1.65. The van der Waals surface area contributed by atoms with E-state index in [4.69, 9.17) is 9.47 Å². The van der Waals surface area contributed by atoms with Gasteiger partial charge in [-0.25, -0.2) is 4.98 Å². The van der Waals surface area contributed by atoms with E-state index < -0.39 is 0 Å². The molecular weight excluding hydrogens is 260 g/mol. The second kappa shape index (κ2) is 10.2. The van der Waals surface area contributed by atoms with E-state index in [2.05, 4.69) is 23.3 Å². The monoisotopic (exact) mass is 284 g/mol. The third-order valence-corrected chi connectivity index (χ3v) is 3.82. The highest BCUT2D eigenvalue weighted by molar-refractivity contribution is 7.99. The van der Waals surface area contributed by atoms with Crippen LogP contribution in [0, 0.1) is 6.92 Å². The van der Waals surface area contributed by atoms with Crippen molar-refractivity contribution < 1.29 is 9.47 Å². The second-order valence-electron chi connectivity index (χ2n) is 4.33. The zero-order valence-corrected chi connectivity index (χ0v) is 12.9. The van der Waals surface area contributed by atoms with Gasteiger partial charge in [0.25, 0.3) is 0 Å². The maximum absolute atomic E-state index is 5.04. The highest BCUT2D eigenvalue weighted by Gasteiger charge is 2.02. The summed E-state index contributed by atoms with van der Waals surface area (Å²) in [6, 6.07) is 2.20. The molecule has 0 aliphatic rings. The number of aromatic nitrogens is 1. The summed E-state index contributed by atoms with van der Waals surface area (Å²) in [7, 11) is 3.45. The molecule has 5 heteroatoms. The number of nitrogens with one attached hydrogen (secondary N) is 1. The molecule has 0 aliphatic carbocycles. The molecule has 0 saturated heterocycles. The van der Waals surface area contributed by atoms with Gasteiger partial charge in [0, 0.05) is 45.9 Å². The lowest BCUT2D eigenvalue weighted by atomic mass is 10.2. The lowest BCUT2D eigenvalue weighted by Gasteiger charge is -2.08. The van der Waals surface area contributed by atoms with Crippen molar-refractivity contribution in [1.82, 2.24) is 10.3 Å². The minimum atomic E-state index is 0.736. The van der Waals surface area contributed by atoms with E-state index in [-0.39, 0.29) is 0 Å². The molecule has 1 heterocycles. The second-order valence-corrected chi connectivity index (χ2v) is 5.41. The molecule has 1 aromatic rings. The molecule has 1 N–H and O–H groups in total. The van der Waals surface area contributed by atoms with Gasteiger partial charge in [0.1, 0.15) is 0 Å². The zero-order valence-electron chi connectivity index (χ0n) is 12.1. The van der Waals surface area contributed by atoms with Crippen LogP contribution >= 0.6 is 11.8 Å². The van der Waals surface area contributed by atoms with Gasteiger partial charge in [-0.3, -0.25) is 0 Å². The highest BCUT2D eigenvalue weighted by atomic mass is 32.2. The Morgan fingerprint density at radius 1 is 1.26 bits per heavy atom. The molecule has 108 valence electrons. The lowest BCUT2D eigenvalue weighted by molar-refractivity contribution is 0.199. The Hall–Kier alpha value is -0.620. The van der Waals surface area contributed by atoms with Crippen molar-refractivity contribution in [1.29, 1.82) is 0 Å². The summed E-state index contributed by atoms with van der Waals surface area (Å²) < 4.78 is 10.0. The normalized spacial score (nSPS) is 10.9. The van der Waals surface area contributed by atoms with Crippen LogP contribution in [0.5, 0.6) is 0 Å². The SMILES string of the molecule is COCCCSc1ncc(CNCCOC)cc1C. The van der Waals surface area contributed by atoms with Crippen LogP contribution in [-0.2, 0) is 16.0 Å². The zero-order chi connectivity index (χ0) is 13.9. The van der Waals surface area contributed by atoms with Gasteiger partial charge in [-0.15, -0.1) is 11.8 Å². The number of hydrogen-bond acceptors (Lipinski definition) is 5. The van der Waals surface area contributed by atoms with Gasteiger partial charge in [-0.1, -0.05) is 6.07 Å². The van der Waals surface area contributed by atoms with Crippen LogP contribution in [0.4, 0.5) is 0 Å². The number of pyridine rings is 1. The van der Waals surface area contributed by atoms with Gasteiger partial charge in [0.2, 0.25) is 0 Å². The molecule has 19 heavy (non-hydrogen) atoms. The Kier molecular flexibility index (Phi) is 8.82. The molecule has 1 rings (SSSR count). The molecule has 0 radical (unpaired) electrons. The molecule has 0 amide bonds. The summed E-state index contributed by atoms with van der Waals surface area (Å²) in [4.78, 5) is 4.53. The molecule has 4 nitrogen and oxygen atoms in total. The molecule has 0 aliphatic heterocycles. The number of aryl methyl sites for hydroxylation is 1. The Balaban J connectivity index is 2.36. The minimum absolute atomic E-state index is 0.736. The van der Waals surface area contributed by atoms with E-state index in [0.717, 1.165) is 43.5 Å². The first-order valence-electron chi connectivity index (χ1n) is 6.55. The standard InChI is InChI=1S/C14H24N2O2S/c1-12-9-13(10-15-5-7-18-3)11-16-14(12)19-8-4-6-17-2/h9,11,15H,4-8,10H2,1-3H3. The molecule has 0 bridgehead atoms. The predicted molar refractivity (Wildman–Crippen MR) is 79.8 cm³/mol.